The van der Waals surface area contributed by atoms with Gasteiger partial charge in [0.1, 0.15) is 16.5 Å². The van der Waals surface area contributed by atoms with E-state index in [4.69, 9.17) is 11.6 Å². The fourth-order valence-electron chi connectivity index (χ4n) is 1.61. The first-order valence-electron chi connectivity index (χ1n) is 6.08. The highest BCUT2D eigenvalue weighted by Crippen LogP contribution is 2.15. The first-order chi connectivity index (χ1) is 10.4. The summed E-state index contributed by atoms with van der Waals surface area (Å²) in [5, 5.41) is 0.515. The van der Waals surface area contributed by atoms with Gasteiger partial charge in [0.05, 0.1) is 6.54 Å². The number of hydrogen-bond donors (Lipinski definition) is 1. The fraction of sp³-hybridized carbons (Fsp3) is 0.0667. The van der Waals surface area contributed by atoms with Crippen LogP contribution >= 0.6 is 11.6 Å². The number of halogens is 3. The van der Waals surface area contributed by atoms with Gasteiger partial charge in [-0.1, -0.05) is 29.5 Å². The van der Waals surface area contributed by atoms with Crippen molar-refractivity contribution in [2.45, 2.75) is 4.90 Å². The van der Waals surface area contributed by atoms with Gasteiger partial charge in [0.25, 0.3) is 0 Å². The second-order valence-corrected chi connectivity index (χ2v) is 6.38. The van der Waals surface area contributed by atoms with E-state index in [1.807, 2.05) is 0 Å². The van der Waals surface area contributed by atoms with E-state index >= 15 is 0 Å². The summed E-state index contributed by atoms with van der Waals surface area (Å²) < 4.78 is 52.1. The Morgan fingerprint density at radius 2 is 1.91 bits per heavy atom. The molecule has 0 aliphatic carbocycles. The number of benzene rings is 2. The highest BCUT2D eigenvalue weighted by molar-refractivity contribution is 7.89. The van der Waals surface area contributed by atoms with E-state index in [1.54, 1.807) is 24.3 Å². The predicted molar refractivity (Wildman–Crippen MR) is 79.9 cm³/mol. The van der Waals surface area contributed by atoms with Crippen molar-refractivity contribution in [3.8, 4) is 11.8 Å². The molecule has 3 nitrogen and oxygen atoms in total. The molecule has 0 aliphatic rings. The predicted octanol–water partition coefficient (Wildman–Crippen LogP) is 2.95. The van der Waals surface area contributed by atoms with Crippen LogP contribution in [0.4, 0.5) is 8.78 Å². The molecule has 7 heteroatoms. The van der Waals surface area contributed by atoms with Crippen LogP contribution in [0.2, 0.25) is 5.02 Å². The van der Waals surface area contributed by atoms with Crippen molar-refractivity contribution in [3.63, 3.8) is 0 Å². The molecule has 1 N–H and O–H groups in total. The topological polar surface area (TPSA) is 46.2 Å². The first-order valence-corrected chi connectivity index (χ1v) is 7.94. The molecule has 0 amide bonds. The summed E-state index contributed by atoms with van der Waals surface area (Å²) in [4.78, 5) is -0.626. The molecule has 0 aliphatic heterocycles. The van der Waals surface area contributed by atoms with Crippen molar-refractivity contribution >= 4 is 21.6 Å². The molecule has 2 rings (SSSR count). The van der Waals surface area contributed by atoms with E-state index in [-0.39, 0.29) is 6.54 Å². The normalized spacial score (nSPS) is 10.9. The summed E-state index contributed by atoms with van der Waals surface area (Å²) in [6.07, 6.45) is 0. The van der Waals surface area contributed by atoms with Gasteiger partial charge in [0.15, 0.2) is 0 Å². The third-order valence-corrected chi connectivity index (χ3v) is 4.26. The van der Waals surface area contributed by atoms with Crippen molar-refractivity contribution in [2.75, 3.05) is 6.54 Å². The lowest BCUT2D eigenvalue weighted by Crippen LogP contribution is -2.25. The molecule has 0 radical (unpaired) electrons. The molecule has 0 saturated heterocycles. The van der Waals surface area contributed by atoms with Crippen LogP contribution in [-0.2, 0) is 10.0 Å². The lowest BCUT2D eigenvalue weighted by atomic mass is 10.2. The zero-order chi connectivity index (χ0) is 16.2. The highest BCUT2D eigenvalue weighted by Gasteiger charge is 2.18. The SMILES string of the molecule is O=S(=O)(NCC#Cc1cccc(Cl)c1)c1ccc(F)cc1F. The minimum atomic E-state index is -4.09. The van der Waals surface area contributed by atoms with Gasteiger partial charge in [-0.05, 0) is 30.3 Å². The molecule has 0 saturated carbocycles. The molecule has 2 aromatic carbocycles. The maximum Gasteiger partial charge on any atom is 0.244 e. The summed E-state index contributed by atoms with van der Waals surface area (Å²) in [5.41, 5.74) is 0.625. The van der Waals surface area contributed by atoms with Crippen LogP contribution in [0.3, 0.4) is 0 Å². The number of sulfonamides is 1. The van der Waals surface area contributed by atoms with Crippen LogP contribution in [-0.4, -0.2) is 15.0 Å². The van der Waals surface area contributed by atoms with Crippen molar-refractivity contribution in [3.05, 3.63) is 64.7 Å². The summed E-state index contributed by atoms with van der Waals surface area (Å²) in [6, 6.07) is 8.98. The van der Waals surface area contributed by atoms with Crippen molar-refractivity contribution in [1.82, 2.24) is 4.72 Å². The minimum absolute atomic E-state index is 0.217. The summed E-state index contributed by atoms with van der Waals surface area (Å²) in [6.45, 7) is -0.217. The van der Waals surface area contributed by atoms with Gasteiger partial charge in [-0.15, -0.1) is 0 Å². The Labute approximate surface area is 132 Å². The van der Waals surface area contributed by atoms with Gasteiger partial charge in [-0.25, -0.2) is 17.2 Å². The van der Waals surface area contributed by atoms with Crippen molar-refractivity contribution in [1.29, 1.82) is 0 Å². The Hall–Kier alpha value is -1.94. The molecule has 0 fully saturated rings. The summed E-state index contributed by atoms with van der Waals surface area (Å²) >= 11 is 5.79. The lowest BCUT2D eigenvalue weighted by molar-refractivity contribution is 0.545. The molecule has 0 atom stereocenters. The first kappa shape index (κ1) is 16.4. The van der Waals surface area contributed by atoms with E-state index in [1.165, 1.54) is 0 Å². The third kappa shape index (κ3) is 4.28. The molecule has 0 aromatic heterocycles. The zero-order valence-corrected chi connectivity index (χ0v) is 12.7. The number of hydrogen-bond acceptors (Lipinski definition) is 2. The Balaban J connectivity index is 2.08. The minimum Gasteiger partial charge on any atom is -0.207 e. The van der Waals surface area contributed by atoms with E-state index in [0.29, 0.717) is 16.7 Å². The highest BCUT2D eigenvalue weighted by atomic mass is 35.5. The molecular formula is C15H10ClF2NO2S. The van der Waals surface area contributed by atoms with Gasteiger partial charge < -0.3 is 0 Å². The van der Waals surface area contributed by atoms with Gasteiger partial charge in [0.2, 0.25) is 10.0 Å². The molecule has 0 unspecified atom stereocenters. The second kappa shape index (κ2) is 6.88. The van der Waals surface area contributed by atoms with Crippen molar-refractivity contribution < 1.29 is 17.2 Å². The fourth-order valence-corrected chi connectivity index (χ4v) is 2.79. The van der Waals surface area contributed by atoms with Gasteiger partial charge in [-0.3, -0.25) is 0 Å². The quantitative estimate of drug-likeness (QED) is 0.872. The van der Waals surface area contributed by atoms with E-state index in [9.17, 15) is 17.2 Å². The van der Waals surface area contributed by atoms with Crippen LogP contribution in [0, 0.1) is 23.5 Å². The molecule has 0 spiro atoms. The molecule has 0 bridgehead atoms. The maximum atomic E-state index is 13.5. The third-order valence-electron chi connectivity index (χ3n) is 2.59. The Morgan fingerprint density at radius 1 is 1.14 bits per heavy atom. The molecule has 2 aromatic rings. The smallest absolute Gasteiger partial charge is 0.207 e. The van der Waals surface area contributed by atoms with Gasteiger partial charge in [-0.2, -0.15) is 4.72 Å². The van der Waals surface area contributed by atoms with E-state index in [0.717, 1.165) is 12.1 Å². The van der Waals surface area contributed by atoms with Crippen LogP contribution in [0.25, 0.3) is 0 Å². The standard InChI is InChI=1S/C15H10ClF2NO2S/c16-12-5-1-3-11(9-12)4-2-8-19-22(20,21)15-7-6-13(17)10-14(15)18/h1,3,5-7,9-10,19H,8H2. The van der Waals surface area contributed by atoms with Gasteiger partial charge in [0, 0.05) is 16.7 Å². The average molecular weight is 342 g/mol. The van der Waals surface area contributed by atoms with Crippen LogP contribution < -0.4 is 4.72 Å². The largest absolute Gasteiger partial charge is 0.244 e. The number of rotatable bonds is 3. The lowest BCUT2D eigenvalue weighted by Gasteiger charge is -2.04. The molecule has 22 heavy (non-hydrogen) atoms. The van der Waals surface area contributed by atoms with Crippen LogP contribution in [0.15, 0.2) is 47.4 Å². The Morgan fingerprint density at radius 3 is 2.59 bits per heavy atom. The Kier molecular flexibility index (Phi) is 5.14. The maximum absolute atomic E-state index is 13.5. The van der Waals surface area contributed by atoms with Crippen LogP contribution in [0.1, 0.15) is 5.56 Å². The number of nitrogens with one attached hydrogen (secondary N) is 1. The van der Waals surface area contributed by atoms with E-state index < -0.39 is 26.6 Å². The summed E-state index contributed by atoms with van der Waals surface area (Å²) in [7, 11) is -4.09. The van der Waals surface area contributed by atoms with Gasteiger partial charge >= 0.3 is 0 Å². The van der Waals surface area contributed by atoms with Crippen LogP contribution in [0.5, 0.6) is 0 Å². The second-order valence-electron chi connectivity index (χ2n) is 4.21. The zero-order valence-electron chi connectivity index (χ0n) is 11.1. The molecule has 0 heterocycles. The van der Waals surface area contributed by atoms with E-state index in [2.05, 4.69) is 16.6 Å². The summed E-state index contributed by atoms with van der Waals surface area (Å²) in [5.74, 6) is 3.30. The van der Waals surface area contributed by atoms with Crippen molar-refractivity contribution in [2.24, 2.45) is 0 Å². The Bertz CT molecular complexity index is 857. The molecular weight excluding hydrogens is 332 g/mol. The molecule has 114 valence electrons. The average Bonchev–Trinajstić information content (AvgIpc) is 2.43. The monoisotopic (exact) mass is 341 g/mol.